The number of aromatic nitrogens is 1. The van der Waals surface area contributed by atoms with Gasteiger partial charge in [-0.05, 0) is 42.3 Å². The highest BCUT2D eigenvalue weighted by atomic mass is 16.3. The first-order valence-corrected chi connectivity index (χ1v) is 5.79. The lowest BCUT2D eigenvalue weighted by Crippen LogP contribution is -1.79. The van der Waals surface area contributed by atoms with Crippen molar-refractivity contribution in [3.63, 3.8) is 0 Å². The molecule has 0 unspecified atom stereocenters. The Morgan fingerprint density at radius 2 is 2.05 bits per heavy atom. The van der Waals surface area contributed by atoms with E-state index in [0.29, 0.717) is 11.6 Å². The van der Waals surface area contributed by atoms with Crippen molar-refractivity contribution >= 4 is 16.8 Å². The first-order valence-electron chi connectivity index (χ1n) is 5.79. The summed E-state index contributed by atoms with van der Waals surface area (Å²) in [5.41, 5.74) is 12.4. The molecule has 0 amide bonds. The van der Waals surface area contributed by atoms with Crippen molar-refractivity contribution in [1.29, 1.82) is 0 Å². The molecule has 1 heterocycles. The zero-order chi connectivity index (χ0) is 13.2. The quantitative estimate of drug-likeness (QED) is 0.374. The fourth-order valence-electron chi connectivity index (χ4n) is 1.89. The highest BCUT2D eigenvalue weighted by Crippen LogP contribution is 2.29. The van der Waals surface area contributed by atoms with Crippen molar-refractivity contribution in [1.82, 2.24) is 4.98 Å². The third-order valence-corrected chi connectivity index (χ3v) is 2.90. The van der Waals surface area contributed by atoms with Gasteiger partial charge in [-0.3, -0.25) is 0 Å². The molecular formula is C14H10N4O. The van der Waals surface area contributed by atoms with Gasteiger partial charge >= 0.3 is 0 Å². The van der Waals surface area contributed by atoms with Crippen molar-refractivity contribution in [3.8, 4) is 11.5 Å². The zero-order valence-electron chi connectivity index (χ0n) is 10.2. The second-order valence-corrected chi connectivity index (χ2v) is 4.18. The molecular weight excluding hydrogens is 240 g/mol. The molecule has 0 saturated heterocycles. The Bertz CT molecular complexity index is 767. The summed E-state index contributed by atoms with van der Waals surface area (Å²) in [5, 5.41) is 3.66. The topological polar surface area (TPSA) is 74.8 Å². The maximum atomic E-state index is 8.54. The summed E-state index contributed by atoms with van der Waals surface area (Å²) in [7, 11) is 0. The van der Waals surface area contributed by atoms with Crippen LogP contribution in [0.3, 0.4) is 0 Å². The van der Waals surface area contributed by atoms with E-state index < -0.39 is 0 Å². The van der Waals surface area contributed by atoms with Gasteiger partial charge in [-0.1, -0.05) is 23.3 Å². The van der Waals surface area contributed by atoms with Crippen LogP contribution < -0.4 is 0 Å². The first-order chi connectivity index (χ1) is 9.28. The summed E-state index contributed by atoms with van der Waals surface area (Å²) < 4.78 is 5.68. The molecule has 0 aliphatic rings. The minimum absolute atomic E-state index is 0.524. The maximum Gasteiger partial charge on any atom is 0.227 e. The van der Waals surface area contributed by atoms with Gasteiger partial charge in [0.2, 0.25) is 5.89 Å². The van der Waals surface area contributed by atoms with E-state index in [2.05, 4.69) is 15.0 Å². The van der Waals surface area contributed by atoms with Gasteiger partial charge in [-0.15, -0.1) is 0 Å². The summed E-state index contributed by atoms with van der Waals surface area (Å²) in [6, 6.07) is 13.1. The molecule has 3 aromatic rings. The van der Waals surface area contributed by atoms with Crippen LogP contribution in [0.2, 0.25) is 0 Å². The predicted octanol–water partition coefficient (Wildman–Crippen LogP) is 4.75. The summed E-state index contributed by atoms with van der Waals surface area (Å²) >= 11 is 0. The monoisotopic (exact) mass is 250 g/mol. The maximum absolute atomic E-state index is 8.54. The minimum Gasteiger partial charge on any atom is -0.436 e. The normalized spacial score (nSPS) is 10.4. The van der Waals surface area contributed by atoms with Crippen LogP contribution in [0.4, 0.5) is 5.69 Å². The third kappa shape index (κ3) is 2.03. The average Bonchev–Trinajstić information content (AvgIpc) is 2.85. The number of azide groups is 1. The minimum atomic E-state index is 0.524. The van der Waals surface area contributed by atoms with E-state index in [9.17, 15) is 0 Å². The van der Waals surface area contributed by atoms with Crippen molar-refractivity contribution in [2.24, 2.45) is 5.11 Å². The lowest BCUT2D eigenvalue weighted by molar-refractivity contribution is 0.620. The molecule has 0 atom stereocenters. The molecule has 0 N–H and O–H groups in total. The Kier molecular flexibility index (Phi) is 2.67. The molecule has 0 aliphatic carbocycles. The molecule has 92 valence electrons. The SMILES string of the molecule is Cc1ccc(-c2nc3ccccc3o2)cc1N=[N+]=[N-]. The van der Waals surface area contributed by atoms with Crippen LogP contribution in [0.1, 0.15) is 5.56 Å². The predicted molar refractivity (Wildman–Crippen MR) is 73.0 cm³/mol. The van der Waals surface area contributed by atoms with E-state index >= 15 is 0 Å². The fourth-order valence-corrected chi connectivity index (χ4v) is 1.89. The largest absolute Gasteiger partial charge is 0.436 e. The molecule has 0 bridgehead atoms. The number of oxazole rings is 1. The number of para-hydroxylation sites is 2. The molecule has 0 saturated carbocycles. The van der Waals surface area contributed by atoms with Crippen LogP contribution in [-0.2, 0) is 0 Å². The number of rotatable bonds is 2. The van der Waals surface area contributed by atoms with Gasteiger partial charge in [-0.2, -0.15) is 0 Å². The molecule has 2 aromatic carbocycles. The average molecular weight is 250 g/mol. The summed E-state index contributed by atoms with van der Waals surface area (Å²) in [6.07, 6.45) is 0. The van der Waals surface area contributed by atoms with E-state index in [1.807, 2.05) is 43.3 Å². The van der Waals surface area contributed by atoms with Crippen LogP contribution in [0.5, 0.6) is 0 Å². The van der Waals surface area contributed by atoms with E-state index in [4.69, 9.17) is 9.95 Å². The van der Waals surface area contributed by atoms with Crippen LogP contribution in [0, 0.1) is 6.92 Å². The van der Waals surface area contributed by atoms with Crippen molar-refractivity contribution < 1.29 is 4.42 Å². The molecule has 3 rings (SSSR count). The van der Waals surface area contributed by atoms with Crippen LogP contribution >= 0.6 is 0 Å². The van der Waals surface area contributed by atoms with Crippen LogP contribution in [-0.4, -0.2) is 4.98 Å². The second kappa shape index (κ2) is 4.48. The Labute approximate surface area is 109 Å². The molecule has 5 nitrogen and oxygen atoms in total. The number of hydrogen-bond donors (Lipinski definition) is 0. The number of fused-ring (bicyclic) bond motifs is 1. The van der Waals surface area contributed by atoms with Gasteiger partial charge < -0.3 is 4.42 Å². The molecule has 0 spiro atoms. The van der Waals surface area contributed by atoms with Gasteiger partial charge in [0.1, 0.15) is 5.52 Å². The number of aryl methyl sites for hydroxylation is 1. The number of hydrogen-bond acceptors (Lipinski definition) is 3. The van der Waals surface area contributed by atoms with Crippen LogP contribution in [0.15, 0.2) is 52.0 Å². The van der Waals surface area contributed by atoms with Crippen LogP contribution in [0.25, 0.3) is 33.0 Å². The Morgan fingerprint density at radius 1 is 1.21 bits per heavy atom. The van der Waals surface area contributed by atoms with E-state index in [1.54, 1.807) is 6.07 Å². The van der Waals surface area contributed by atoms with Crippen molar-refractivity contribution in [3.05, 3.63) is 58.5 Å². The number of benzene rings is 2. The van der Waals surface area contributed by atoms with Gasteiger partial charge in [0.05, 0.1) is 0 Å². The van der Waals surface area contributed by atoms with Gasteiger partial charge in [0, 0.05) is 16.2 Å². The second-order valence-electron chi connectivity index (χ2n) is 4.18. The number of nitrogens with zero attached hydrogens (tertiary/aromatic N) is 4. The van der Waals surface area contributed by atoms with E-state index in [1.165, 1.54) is 0 Å². The smallest absolute Gasteiger partial charge is 0.227 e. The summed E-state index contributed by atoms with van der Waals surface area (Å²) in [6.45, 7) is 1.89. The molecule has 1 aromatic heterocycles. The summed E-state index contributed by atoms with van der Waals surface area (Å²) in [4.78, 5) is 7.23. The lowest BCUT2D eigenvalue weighted by atomic mass is 10.1. The zero-order valence-corrected chi connectivity index (χ0v) is 10.2. The summed E-state index contributed by atoms with van der Waals surface area (Å²) in [5.74, 6) is 0.524. The van der Waals surface area contributed by atoms with E-state index in [0.717, 1.165) is 22.2 Å². The van der Waals surface area contributed by atoms with E-state index in [-0.39, 0.29) is 0 Å². The fraction of sp³-hybridized carbons (Fsp3) is 0.0714. The van der Waals surface area contributed by atoms with Gasteiger partial charge in [0.25, 0.3) is 0 Å². The molecule has 19 heavy (non-hydrogen) atoms. The highest BCUT2D eigenvalue weighted by Gasteiger charge is 2.08. The first kappa shape index (κ1) is 11.3. The standard InChI is InChI=1S/C14H10N4O/c1-9-6-7-10(8-12(9)17-18-15)14-16-11-4-2-3-5-13(11)19-14/h2-8H,1H3. The molecule has 5 heteroatoms. The van der Waals surface area contributed by atoms with Gasteiger partial charge in [0.15, 0.2) is 5.58 Å². The highest BCUT2D eigenvalue weighted by molar-refractivity contribution is 5.76. The third-order valence-electron chi connectivity index (χ3n) is 2.90. The Morgan fingerprint density at radius 3 is 2.84 bits per heavy atom. The Hall–Kier alpha value is -2.78. The molecule has 0 fully saturated rings. The Balaban J connectivity index is 2.15. The van der Waals surface area contributed by atoms with Gasteiger partial charge in [-0.25, -0.2) is 4.98 Å². The molecule has 0 aliphatic heterocycles. The molecule has 0 radical (unpaired) electrons. The van der Waals surface area contributed by atoms with Crippen molar-refractivity contribution in [2.75, 3.05) is 0 Å². The van der Waals surface area contributed by atoms with Crippen molar-refractivity contribution in [2.45, 2.75) is 6.92 Å². The lowest BCUT2D eigenvalue weighted by Gasteiger charge is -2.00.